The minimum absolute atomic E-state index is 0.364. The molecule has 0 atom stereocenters. The van der Waals surface area contributed by atoms with Crippen LogP contribution in [-0.4, -0.2) is 5.91 Å². The first kappa shape index (κ1) is 13.1. The smallest absolute Gasteiger partial charge is 0.252 e. The summed E-state index contributed by atoms with van der Waals surface area (Å²) < 4.78 is 5.71. The highest BCUT2D eigenvalue weighted by Gasteiger charge is 2.09. The fourth-order valence-electron chi connectivity index (χ4n) is 1.85. The molecule has 0 spiro atoms. The van der Waals surface area contributed by atoms with E-state index in [0.717, 1.165) is 11.1 Å². The fraction of sp³-hybridized carbons (Fsp3) is 0.133. The van der Waals surface area contributed by atoms with Gasteiger partial charge in [-0.15, -0.1) is 0 Å². The van der Waals surface area contributed by atoms with E-state index in [4.69, 9.17) is 16.2 Å². The second-order valence-corrected chi connectivity index (χ2v) is 4.25. The Hall–Kier alpha value is -2.33. The summed E-state index contributed by atoms with van der Waals surface area (Å²) in [6.07, 6.45) is 0. The van der Waals surface area contributed by atoms with Crippen molar-refractivity contribution in [3.63, 3.8) is 0 Å². The third-order valence-corrected chi connectivity index (χ3v) is 2.91. The Kier molecular flexibility index (Phi) is 3.82. The molecular formula is C15H16N2O2. The molecule has 0 aliphatic heterocycles. The lowest BCUT2D eigenvalue weighted by molar-refractivity contribution is 0.0998. The Bertz CT molecular complexity index is 609. The van der Waals surface area contributed by atoms with Crippen molar-refractivity contribution in [1.82, 2.24) is 0 Å². The molecule has 0 saturated carbocycles. The Morgan fingerprint density at radius 3 is 2.58 bits per heavy atom. The Morgan fingerprint density at radius 2 is 1.95 bits per heavy atom. The van der Waals surface area contributed by atoms with Crippen molar-refractivity contribution in [2.24, 2.45) is 11.5 Å². The number of rotatable bonds is 4. The maximum absolute atomic E-state index is 11.3. The zero-order valence-corrected chi connectivity index (χ0v) is 10.7. The van der Waals surface area contributed by atoms with E-state index in [9.17, 15) is 4.79 Å². The maximum atomic E-state index is 11.3. The minimum Gasteiger partial charge on any atom is -0.457 e. The molecule has 0 bridgehead atoms. The van der Waals surface area contributed by atoms with Gasteiger partial charge in [-0.25, -0.2) is 0 Å². The Balaban J connectivity index is 2.31. The lowest BCUT2D eigenvalue weighted by Gasteiger charge is -2.11. The zero-order valence-electron chi connectivity index (χ0n) is 10.7. The third kappa shape index (κ3) is 2.92. The van der Waals surface area contributed by atoms with E-state index in [1.54, 1.807) is 24.3 Å². The number of ether oxygens (including phenoxy) is 1. The minimum atomic E-state index is -0.508. The van der Waals surface area contributed by atoms with Crippen LogP contribution in [0.2, 0.25) is 0 Å². The van der Waals surface area contributed by atoms with Crippen molar-refractivity contribution in [2.45, 2.75) is 13.5 Å². The van der Waals surface area contributed by atoms with Crippen LogP contribution in [0.25, 0.3) is 0 Å². The Morgan fingerprint density at radius 1 is 1.21 bits per heavy atom. The van der Waals surface area contributed by atoms with Crippen molar-refractivity contribution in [3.8, 4) is 11.5 Å². The normalized spacial score (nSPS) is 10.2. The topological polar surface area (TPSA) is 78.3 Å². The number of para-hydroxylation sites is 1. The number of nitrogens with two attached hydrogens (primary N) is 2. The van der Waals surface area contributed by atoms with E-state index in [1.165, 1.54) is 0 Å². The van der Waals surface area contributed by atoms with Crippen molar-refractivity contribution in [3.05, 3.63) is 59.2 Å². The van der Waals surface area contributed by atoms with Gasteiger partial charge in [0, 0.05) is 6.54 Å². The van der Waals surface area contributed by atoms with E-state index in [0.29, 0.717) is 23.6 Å². The maximum Gasteiger partial charge on any atom is 0.252 e. The van der Waals surface area contributed by atoms with Gasteiger partial charge in [0.1, 0.15) is 11.5 Å². The van der Waals surface area contributed by atoms with E-state index >= 15 is 0 Å². The quantitative estimate of drug-likeness (QED) is 0.881. The summed E-state index contributed by atoms with van der Waals surface area (Å²) >= 11 is 0. The van der Waals surface area contributed by atoms with Gasteiger partial charge in [0.15, 0.2) is 0 Å². The van der Waals surface area contributed by atoms with Crippen LogP contribution in [0.5, 0.6) is 11.5 Å². The summed E-state index contributed by atoms with van der Waals surface area (Å²) in [6, 6.07) is 12.5. The molecule has 0 fully saturated rings. The average Bonchev–Trinajstić information content (AvgIpc) is 2.39. The SMILES string of the molecule is Cc1cc(Oc2ccccc2C(N)=O)ccc1CN. The van der Waals surface area contributed by atoms with Crippen LogP contribution in [0.15, 0.2) is 42.5 Å². The van der Waals surface area contributed by atoms with Gasteiger partial charge in [0.05, 0.1) is 5.56 Å². The first-order chi connectivity index (χ1) is 9.11. The fourth-order valence-corrected chi connectivity index (χ4v) is 1.85. The van der Waals surface area contributed by atoms with Gasteiger partial charge in [-0.3, -0.25) is 4.79 Å². The standard InChI is InChI=1S/C15H16N2O2/c1-10-8-12(7-6-11(10)9-16)19-14-5-3-2-4-13(14)15(17)18/h2-8H,9,16H2,1H3,(H2,17,18). The van der Waals surface area contributed by atoms with Gasteiger partial charge in [0.2, 0.25) is 0 Å². The lowest BCUT2D eigenvalue weighted by atomic mass is 10.1. The summed E-state index contributed by atoms with van der Waals surface area (Å²) in [5.41, 5.74) is 13.4. The number of hydrogen-bond donors (Lipinski definition) is 2. The molecule has 2 rings (SSSR count). The molecule has 0 saturated heterocycles. The molecule has 98 valence electrons. The molecule has 1 amide bonds. The third-order valence-electron chi connectivity index (χ3n) is 2.91. The second-order valence-electron chi connectivity index (χ2n) is 4.25. The number of amides is 1. The molecule has 2 aromatic rings. The van der Waals surface area contributed by atoms with E-state index in [1.807, 2.05) is 25.1 Å². The first-order valence-electron chi connectivity index (χ1n) is 5.98. The highest BCUT2D eigenvalue weighted by atomic mass is 16.5. The molecule has 2 aromatic carbocycles. The van der Waals surface area contributed by atoms with Crippen molar-refractivity contribution in [2.75, 3.05) is 0 Å². The largest absolute Gasteiger partial charge is 0.457 e. The highest BCUT2D eigenvalue weighted by molar-refractivity contribution is 5.95. The summed E-state index contributed by atoms with van der Waals surface area (Å²) in [5.74, 6) is 0.601. The number of carbonyl (C=O) groups excluding carboxylic acids is 1. The number of carbonyl (C=O) groups is 1. The van der Waals surface area contributed by atoms with Gasteiger partial charge < -0.3 is 16.2 Å². The molecule has 0 unspecified atom stereocenters. The van der Waals surface area contributed by atoms with Crippen molar-refractivity contribution < 1.29 is 9.53 Å². The molecule has 0 heterocycles. The van der Waals surface area contributed by atoms with E-state index in [-0.39, 0.29) is 0 Å². The van der Waals surface area contributed by atoms with Crippen LogP contribution in [0.3, 0.4) is 0 Å². The van der Waals surface area contributed by atoms with Crippen LogP contribution < -0.4 is 16.2 Å². The molecule has 0 aliphatic carbocycles. The molecule has 4 nitrogen and oxygen atoms in total. The average molecular weight is 256 g/mol. The van der Waals surface area contributed by atoms with Gasteiger partial charge in [-0.1, -0.05) is 18.2 Å². The van der Waals surface area contributed by atoms with Crippen LogP contribution >= 0.6 is 0 Å². The van der Waals surface area contributed by atoms with Gasteiger partial charge in [-0.2, -0.15) is 0 Å². The van der Waals surface area contributed by atoms with Crippen LogP contribution in [-0.2, 0) is 6.54 Å². The number of primary amides is 1. The Labute approximate surface area is 112 Å². The first-order valence-corrected chi connectivity index (χ1v) is 5.98. The molecule has 4 N–H and O–H groups in total. The zero-order chi connectivity index (χ0) is 13.8. The lowest BCUT2D eigenvalue weighted by Crippen LogP contribution is -2.12. The van der Waals surface area contributed by atoms with Crippen molar-refractivity contribution in [1.29, 1.82) is 0 Å². The summed E-state index contributed by atoms with van der Waals surface area (Å²) in [7, 11) is 0. The van der Waals surface area contributed by atoms with Crippen LogP contribution in [0.4, 0.5) is 0 Å². The van der Waals surface area contributed by atoms with Crippen LogP contribution in [0.1, 0.15) is 21.5 Å². The summed E-state index contributed by atoms with van der Waals surface area (Å²) in [4.78, 5) is 11.3. The van der Waals surface area contributed by atoms with E-state index < -0.39 is 5.91 Å². The highest BCUT2D eigenvalue weighted by Crippen LogP contribution is 2.26. The molecule has 0 aromatic heterocycles. The molecule has 0 radical (unpaired) electrons. The molecular weight excluding hydrogens is 240 g/mol. The monoisotopic (exact) mass is 256 g/mol. The summed E-state index contributed by atoms with van der Waals surface area (Å²) in [6.45, 7) is 2.46. The predicted octanol–water partition coefficient (Wildman–Crippen LogP) is 2.34. The molecule has 19 heavy (non-hydrogen) atoms. The van der Waals surface area contributed by atoms with Crippen LogP contribution in [0, 0.1) is 6.92 Å². The van der Waals surface area contributed by atoms with Gasteiger partial charge >= 0.3 is 0 Å². The summed E-state index contributed by atoms with van der Waals surface area (Å²) in [5, 5.41) is 0. The number of hydrogen-bond acceptors (Lipinski definition) is 3. The predicted molar refractivity (Wildman–Crippen MR) is 74.1 cm³/mol. The van der Waals surface area contributed by atoms with E-state index in [2.05, 4.69) is 0 Å². The van der Waals surface area contributed by atoms with Gasteiger partial charge in [-0.05, 0) is 42.3 Å². The molecule has 4 heteroatoms. The van der Waals surface area contributed by atoms with Crippen molar-refractivity contribution >= 4 is 5.91 Å². The second kappa shape index (κ2) is 5.54. The molecule has 0 aliphatic rings. The number of benzene rings is 2. The van der Waals surface area contributed by atoms with Gasteiger partial charge in [0.25, 0.3) is 5.91 Å². The number of aryl methyl sites for hydroxylation is 1.